The number of rotatable bonds is 2. The molecule has 1 rings (SSSR count). The molecule has 13 heavy (non-hydrogen) atoms. The second-order valence-electron chi connectivity index (χ2n) is 2.64. The predicted molar refractivity (Wildman–Crippen MR) is 58.9 cm³/mol. The zero-order valence-corrected chi connectivity index (χ0v) is 8.68. The van der Waals surface area contributed by atoms with E-state index in [1.165, 1.54) is 0 Å². The molecule has 0 bridgehead atoms. The quantitative estimate of drug-likeness (QED) is 0.563. The number of hydrogen-bond donors (Lipinski definition) is 1. The molecule has 2 atom stereocenters. The lowest BCUT2D eigenvalue weighted by Crippen LogP contribution is -2.20. The smallest absolute Gasteiger partial charge is 0.235 e. The van der Waals surface area contributed by atoms with Crippen LogP contribution in [0.25, 0.3) is 0 Å². The first-order chi connectivity index (χ1) is 5.70. The maximum Gasteiger partial charge on any atom is 0.235 e. The maximum absolute atomic E-state index is 10.7. The monoisotopic (exact) mass is 192 g/mol. The lowest BCUT2D eigenvalue weighted by atomic mass is 10.1. The van der Waals surface area contributed by atoms with E-state index in [-0.39, 0.29) is 20.1 Å². The van der Waals surface area contributed by atoms with Crippen LogP contribution in [-0.4, -0.2) is 14.1 Å². The number of carbonyl (C=O) groups excluding carboxylic acids is 1. The Morgan fingerprint density at radius 2 is 1.92 bits per heavy atom. The van der Waals surface area contributed by atoms with Crippen molar-refractivity contribution in [2.75, 3.05) is 0 Å². The van der Waals surface area contributed by atoms with Crippen LogP contribution in [0.1, 0.15) is 18.5 Å². The molecule has 0 saturated heterocycles. The Hall–Kier alpha value is -0.815. The SMILES string of the molecule is CC(NC(=O)P)c1ccccc1.[B]. The molecule has 3 radical (unpaired) electrons. The molecule has 0 aromatic heterocycles. The Bertz CT molecular complexity index is 266. The molecule has 4 heteroatoms. The van der Waals surface area contributed by atoms with E-state index in [4.69, 9.17) is 0 Å². The number of hydrogen-bond acceptors (Lipinski definition) is 1. The van der Waals surface area contributed by atoms with Crippen molar-refractivity contribution < 1.29 is 4.79 Å². The molecule has 1 aromatic rings. The molecule has 67 valence electrons. The Labute approximate surface area is 82.9 Å². The minimum Gasteiger partial charge on any atom is -0.346 e. The van der Waals surface area contributed by atoms with Crippen molar-refractivity contribution >= 4 is 23.3 Å². The zero-order chi connectivity index (χ0) is 8.97. The summed E-state index contributed by atoms with van der Waals surface area (Å²) in [5, 5.41) is 2.78. The van der Waals surface area contributed by atoms with Gasteiger partial charge in [0.15, 0.2) is 0 Å². The van der Waals surface area contributed by atoms with Gasteiger partial charge in [0.2, 0.25) is 5.65 Å². The largest absolute Gasteiger partial charge is 0.346 e. The molecule has 0 saturated carbocycles. The lowest BCUT2D eigenvalue weighted by molar-refractivity contribution is 0.258. The van der Waals surface area contributed by atoms with Gasteiger partial charge in [-0.1, -0.05) is 30.3 Å². The maximum atomic E-state index is 10.7. The van der Waals surface area contributed by atoms with Crippen molar-refractivity contribution in [2.45, 2.75) is 13.0 Å². The van der Waals surface area contributed by atoms with E-state index in [2.05, 4.69) is 14.6 Å². The molecule has 0 fully saturated rings. The van der Waals surface area contributed by atoms with Crippen molar-refractivity contribution in [1.82, 2.24) is 5.32 Å². The summed E-state index contributed by atoms with van der Waals surface area (Å²) in [5.74, 6) is 0. The first-order valence-electron chi connectivity index (χ1n) is 3.81. The summed E-state index contributed by atoms with van der Waals surface area (Å²) in [7, 11) is 2.10. The van der Waals surface area contributed by atoms with E-state index in [1.807, 2.05) is 37.3 Å². The van der Waals surface area contributed by atoms with Crippen molar-refractivity contribution in [3.05, 3.63) is 35.9 Å². The van der Waals surface area contributed by atoms with Gasteiger partial charge in [-0.25, -0.2) is 0 Å². The normalized spacial score (nSPS) is 11.2. The number of amides is 1. The van der Waals surface area contributed by atoms with E-state index in [0.717, 1.165) is 5.56 Å². The zero-order valence-electron chi connectivity index (χ0n) is 7.53. The summed E-state index contributed by atoms with van der Waals surface area (Å²) >= 11 is 0. The molecule has 2 unspecified atom stereocenters. The molecule has 2 nitrogen and oxygen atoms in total. The Morgan fingerprint density at radius 3 is 2.38 bits per heavy atom. The van der Waals surface area contributed by atoms with Crippen LogP contribution in [0.5, 0.6) is 0 Å². The molecular formula is C9H12BNOP. The van der Waals surface area contributed by atoms with Gasteiger partial charge in [0.05, 0.1) is 6.04 Å². The topological polar surface area (TPSA) is 29.1 Å². The predicted octanol–water partition coefficient (Wildman–Crippen LogP) is 1.95. The Kier molecular flexibility index (Phi) is 5.40. The van der Waals surface area contributed by atoms with Crippen LogP contribution in [0.4, 0.5) is 4.79 Å². The summed E-state index contributed by atoms with van der Waals surface area (Å²) < 4.78 is 0. The third-order valence-electron chi connectivity index (χ3n) is 1.66. The van der Waals surface area contributed by atoms with Gasteiger partial charge in [0.25, 0.3) is 0 Å². The van der Waals surface area contributed by atoms with Gasteiger partial charge in [0, 0.05) is 8.41 Å². The average Bonchev–Trinajstić information content (AvgIpc) is 2.05. The molecule has 1 aromatic carbocycles. The van der Waals surface area contributed by atoms with E-state index in [9.17, 15) is 4.79 Å². The molecule has 1 amide bonds. The second kappa shape index (κ2) is 5.77. The summed E-state index contributed by atoms with van der Waals surface area (Å²) in [6.07, 6.45) is 0. The number of benzene rings is 1. The van der Waals surface area contributed by atoms with Crippen LogP contribution in [0, 0.1) is 0 Å². The molecule has 0 aliphatic carbocycles. The fraction of sp³-hybridized carbons (Fsp3) is 0.222. The molecular weight excluding hydrogens is 180 g/mol. The van der Waals surface area contributed by atoms with Gasteiger partial charge in [0.1, 0.15) is 0 Å². The van der Waals surface area contributed by atoms with Crippen LogP contribution >= 0.6 is 9.24 Å². The third kappa shape index (κ3) is 4.09. The van der Waals surface area contributed by atoms with E-state index in [1.54, 1.807) is 0 Å². The van der Waals surface area contributed by atoms with E-state index < -0.39 is 0 Å². The molecule has 0 spiro atoms. The van der Waals surface area contributed by atoms with Gasteiger partial charge in [-0.05, 0) is 21.7 Å². The summed E-state index contributed by atoms with van der Waals surface area (Å²) in [4.78, 5) is 10.7. The van der Waals surface area contributed by atoms with Gasteiger partial charge in [-0.3, -0.25) is 4.79 Å². The summed E-state index contributed by atoms with van der Waals surface area (Å²) in [6.45, 7) is 1.96. The highest BCUT2D eigenvalue weighted by Gasteiger charge is 2.03. The molecule has 0 aliphatic rings. The van der Waals surface area contributed by atoms with E-state index >= 15 is 0 Å². The van der Waals surface area contributed by atoms with Crippen molar-refractivity contribution in [1.29, 1.82) is 0 Å². The van der Waals surface area contributed by atoms with E-state index in [0.29, 0.717) is 0 Å². The van der Waals surface area contributed by atoms with Crippen LogP contribution in [0.2, 0.25) is 0 Å². The van der Waals surface area contributed by atoms with Gasteiger partial charge in [-0.2, -0.15) is 0 Å². The number of nitrogens with one attached hydrogen (secondary N) is 1. The fourth-order valence-electron chi connectivity index (χ4n) is 1.04. The summed E-state index contributed by atoms with van der Waals surface area (Å²) in [6, 6.07) is 9.94. The minimum absolute atomic E-state index is 0. The standard InChI is InChI=1S/C9H12NOP.B/c1-7(10-9(11)12)8-5-3-2-4-6-8;/h2-7H,12H2,1H3,(H,10,11);. The first kappa shape index (κ1) is 12.2. The van der Waals surface area contributed by atoms with Crippen LogP contribution in [-0.2, 0) is 0 Å². The van der Waals surface area contributed by atoms with Crippen LogP contribution < -0.4 is 5.32 Å². The van der Waals surface area contributed by atoms with Crippen molar-refractivity contribution in [2.24, 2.45) is 0 Å². The average molecular weight is 192 g/mol. The van der Waals surface area contributed by atoms with Crippen LogP contribution in [0.15, 0.2) is 30.3 Å². The van der Waals surface area contributed by atoms with Gasteiger partial charge in [-0.15, -0.1) is 0 Å². The Morgan fingerprint density at radius 1 is 1.38 bits per heavy atom. The van der Waals surface area contributed by atoms with Crippen LogP contribution in [0.3, 0.4) is 0 Å². The lowest BCUT2D eigenvalue weighted by Gasteiger charge is -2.11. The molecule has 0 aliphatic heterocycles. The highest BCUT2D eigenvalue weighted by molar-refractivity contribution is 7.39. The number of carbonyl (C=O) groups is 1. The fourth-order valence-corrected chi connectivity index (χ4v) is 1.29. The first-order valence-corrected chi connectivity index (χ1v) is 4.39. The van der Waals surface area contributed by atoms with Crippen molar-refractivity contribution in [3.8, 4) is 0 Å². The molecule has 0 heterocycles. The highest BCUT2D eigenvalue weighted by atomic mass is 31.0. The molecule has 1 N–H and O–H groups in total. The summed E-state index contributed by atoms with van der Waals surface area (Å²) in [5.41, 5.74) is 1.04. The second-order valence-corrected chi connectivity index (χ2v) is 3.17. The van der Waals surface area contributed by atoms with Gasteiger partial charge < -0.3 is 5.32 Å². The highest BCUT2D eigenvalue weighted by Crippen LogP contribution is 2.11. The van der Waals surface area contributed by atoms with Gasteiger partial charge >= 0.3 is 0 Å². The van der Waals surface area contributed by atoms with Crippen molar-refractivity contribution in [3.63, 3.8) is 0 Å². The third-order valence-corrected chi connectivity index (χ3v) is 1.83. The Balaban J connectivity index is 0.00000144. The minimum atomic E-state index is -0.0775.